The summed E-state index contributed by atoms with van der Waals surface area (Å²) in [6.45, 7) is 0. The number of nitrogens with two attached hydrogens (primary N) is 1. The molecule has 7 heteroatoms. The van der Waals surface area contributed by atoms with Crippen molar-refractivity contribution in [3.05, 3.63) is 45.7 Å². The lowest BCUT2D eigenvalue weighted by atomic mass is 10.1. The second-order valence-electron chi connectivity index (χ2n) is 4.70. The molecular formula is C14H10Cl2FN3O. The van der Waals surface area contributed by atoms with Gasteiger partial charge >= 0.3 is 0 Å². The third kappa shape index (κ3) is 2.62. The highest BCUT2D eigenvalue weighted by molar-refractivity contribution is 6.35. The van der Waals surface area contributed by atoms with Crippen LogP contribution in [0.5, 0.6) is 0 Å². The number of nitrogen functional groups attached to an aromatic ring is 1. The standard InChI is InChI=1S/C14H10Cl2FN3O/c15-8-3-7(4-9(16)14(8)17)19-12-5-11-6(1-10(12)18)2-13(21)20-11/h1,3-5,19H,2,18H2,(H,20,21). The van der Waals surface area contributed by atoms with E-state index in [1.165, 1.54) is 12.1 Å². The first-order valence-electron chi connectivity index (χ1n) is 6.08. The van der Waals surface area contributed by atoms with Gasteiger partial charge in [0.1, 0.15) is 0 Å². The van der Waals surface area contributed by atoms with E-state index in [2.05, 4.69) is 10.6 Å². The van der Waals surface area contributed by atoms with Crippen molar-refractivity contribution in [2.75, 3.05) is 16.4 Å². The summed E-state index contributed by atoms with van der Waals surface area (Å²) in [7, 11) is 0. The third-order valence-corrected chi connectivity index (χ3v) is 3.71. The fraction of sp³-hybridized carbons (Fsp3) is 0.0714. The van der Waals surface area contributed by atoms with Crippen molar-refractivity contribution in [2.45, 2.75) is 6.42 Å². The van der Waals surface area contributed by atoms with E-state index in [0.717, 1.165) is 5.56 Å². The van der Waals surface area contributed by atoms with Crippen molar-refractivity contribution in [3.63, 3.8) is 0 Å². The maximum Gasteiger partial charge on any atom is 0.228 e. The maximum atomic E-state index is 13.4. The first-order valence-corrected chi connectivity index (χ1v) is 6.83. The van der Waals surface area contributed by atoms with Gasteiger partial charge in [-0.25, -0.2) is 4.39 Å². The van der Waals surface area contributed by atoms with E-state index >= 15 is 0 Å². The molecule has 0 spiro atoms. The molecule has 108 valence electrons. The Morgan fingerprint density at radius 1 is 1.19 bits per heavy atom. The summed E-state index contributed by atoms with van der Waals surface area (Å²) < 4.78 is 13.4. The molecule has 1 aliphatic heterocycles. The van der Waals surface area contributed by atoms with Gasteiger partial charge in [-0.3, -0.25) is 4.79 Å². The van der Waals surface area contributed by atoms with Crippen LogP contribution >= 0.6 is 23.2 Å². The zero-order valence-corrected chi connectivity index (χ0v) is 12.1. The smallest absolute Gasteiger partial charge is 0.228 e. The Morgan fingerprint density at radius 2 is 1.86 bits per heavy atom. The van der Waals surface area contributed by atoms with Crippen LogP contribution in [0.2, 0.25) is 10.0 Å². The molecule has 1 amide bonds. The number of halogens is 3. The van der Waals surface area contributed by atoms with Gasteiger partial charge in [-0.05, 0) is 29.8 Å². The number of amides is 1. The molecule has 4 N–H and O–H groups in total. The minimum atomic E-state index is -0.668. The minimum Gasteiger partial charge on any atom is -0.397 e. The summed E-state index contributed by atoms with van der Waals surface area (Å²) in [6, 6.07) is 6.27. The Hall–Kier alpha value is -1.98. The quantitative estimate of drug-likeness (QED) is 0.578. The van der Waals surface area contributed by atoms with Crippen LogP contribution in [0.1, 0.15) is 5.56 Å². The summed E-state index contributed by atoms with van der Waals surface area (Å²) in [6.07, 6.45) is 0.314. The molecule has 0 atom stereocenters. The molecule has 21 heavy (non-hydrogen) atoms. The van der Waals surface area contributed by atoms with Crippen LogP contribution in [0.3, 0.4) is 0 Å². The summed E-state index contributed by atoms with van der Waals surface area (Å²) >= 11 is 11.5. The Kier molecular flexibility index (Phi) is 3.39. The molecule has 0 saturated heterocycles. The second-order valence-corrected chi connectivity index (χ2v) is 5.51. The molecule has 0 radical (unpaired) electrons. The van der Waals surface area contributed by atoms with Crippen molar-refractivity contribution in [1.82, 2.24) is 0 Å². The lowest BCUT2D eigenvalue weighted by Crippen LogP contribution is -2.03. The normalized spacial score (nSPS) is 13.0. The second kappa shape index (κ2) is 5.09. The van der Waals surface area contributed by atoms with Gasteiger partial charge in [0.15, 0.2) is 5.82 Å². The van der Waals surface area contributed by atoms with Crippen molar-refractivity contribution in [2.24, 2.45) is 0 Å². The highest BCUT2D eigenvalue weighted by Gasteiger charge is 2.19. The number of hydrogen-bond acceptors (Lipinski definition) is 3. The van der Waals surface area contributed by atoms with Crippen LogP contribution in [0.4, 0.5) is 27.1 Å². The molecule has 0 aliphatic carbocycles. The number of carbonyl (C=O) groups is 1. The fourth-order valence-corrected chi connectivity index (χ4v) is 2.67. The lowest BCUT2D eigenvalue weighted by molar-refractivity contribution is -0.115. The van der Waals surface area contributed by atoms with Gasteiger partial charge in [0.05, 0.1) is 27.8 Å². The van der Waals surface area contributed by atoms with Crippen molar-refractivity contribution in [3.8, 4) is 0 Å². The molecule has 4 nitrogen and oxygen atoms in total. The van der Waals surface area contributed by atoms with E-state index in [9.17, 15) is 9.18 Å². The summed E-state index contributed by atoms with van der Waals surface area (Å²) in [5.74, 6) is -0.743. The molecule has 0 saturated carbocycles. The van der Waals surface area contributed by atoms with E-state index in [-0.39, 0.29) is 16.0 Å². The molecule has 2 aromatic carbocycles. The molecule has 0 fully saturated rings. The van der Waals surface area contributed by atoms with Gasteiger partial charge in [-0.15, -0.1) is 0 Å². The molecule has 0 unspecified atom stereocenters. The van der Waals surface area contributed by atoms with Crippen molar-refractivity contribution >= 4 is 51.9 Å². The van der Waals surface area contributed by atoms with Crippen molar-refractivity contribution in [1.29, 1.82) is 0 Å². The highest BCUT2D eigenvalue weighted by atomic mass is 35.5. The number of nitrogens with one attached hydrogen (secondary N) is 2. The van der Waals surface area contributed by atoms with Crippen LogP contribution in [0.15, 0.2) is 24.3 Å². The number of carbonyl (C=O) groups excluding carboxylic acids is 1. The lowest BCUT2D eigenvalue weighted by Gasteiger charge is -2.12. The summed E-state index contributed by atoms with van der Waals surface area (Å²) in [5, 5.41) is 5.58. The van der Waals surface area contributed by atoms with Gasteiger partial charge < -0.3 is 16.4 Å². The average molecular weight is 326 g/mol. The zero-order chi connectivity index (χ0) is 15.1. The van der Waals surface area contributed by atoms with Gasteiger partial charge in [-0.2, -0.15) is 0 Å². The number of hydrogen-bond donors (Lipinski definition) is 3. The van der Waals surface area contributed by atoms with Gasteiger partial charge in [0.2, 0.25) is 5.91 Å². The van der Waals surface area contributed by atoms with Crippen LogP contribution in [0, 0.1) is 5.82 Å². The average Bonchev–Trinajstić information content (AvgIpc) is 2.75. The number of benzene rings is 2. The van der Waals surface area contributed by atoms with E-state index in [1.807, 2.05) is 0 Å². The molecular weight excluding hydrogens is 316 g/mol. The Labute approximate surface area is 130 Å². The van der Waals surface area contributed by atoms with Crippen molar-refractivity contribution < 1.29 is 9.18 Å². The Morgan fingerprint density at radius 3 is 2.52 bits per heavy atom. The van der Waals surface area contributed by atoms with E-state index in [0.29, 0.717) is 29.2 Å². The first kappa shape index (κ1) is 14.0. The SMILES string of the molecule is Nc1cc2c(cc1Nc1cc(Cl)c(F)c(Cl)c1)NC(=O)C2. The van der Waals surface area contributed by atoms with E-state index in [1.54, 1.807) is 12.1 Å². The minimum absolute atomic E-state index is 0.0746. The molecule has 2 aromatic rings. The van der Waals surface area contributed by atoms with Gasteiger partial charge in [0.25, 0.3) is 0 Å². The Bertz CT molecular complexity index is 741. The monoisotopic (exact) mass is 325 g/mol. The summed E-state index contributed by atoms with van der Waals surface area (Å²) in [4.78, 5) is 11.4. The highest BCUT2D eigenvalue weighted by Crippen LogP contribution is 2.35. The van der Waals surface area contributed by atoms with E-state index in [4.69, 9.17) is 28.9 Å². The molecule has 0 aromatic heterocycles. The van der Waals surface area contributed by atoms with Crippen LogP contribution < -0.4 is 16.4 Å². The molecule has 0 bridgehead atoms. The fourth-order valence-electron chi connectivity index (χ4n) is 2.19. The predicted molar refractivity (Wildman–Crippen MR) is 82.9 cm³/mol. The number of rotatable bonds is 2. The topological polar surface area (TPSA) is 67.2 Å². The van der Waals surface area contributed by atoms with Crippen LogP contribution in [0.25, 0.3) is 0 Å². The summed E-state index contributed by atoms with van der Waals surface area (Å²) in [5.41, 5.74) is 9.06. The molecule has 1 aliphatic rings. The number of anilines is 4. The third-order valence-electron chi connectivity index (χ3n) is 3.16. The van der Waals surface area contributed by atoms with Gasteiger partial charge in [0, 0.05) is 11.4 Å². The van der Waals surface area contributed by atoms with E-state index < -0.39 is 5.82 Å². The van der Waals surface area contributed by atoms with Crippen LogP contribution in [-0.4, -0.2) is 5.91 Å². The Balaban J connectivity index is 1.96. The first-order chi connectivity index (χ1) is 9.94. The maximum absolute atomic E-state index is 13.4. The molecule has 1 heterocycles. The predicted octanol–water partition coefficient (Wildman–Crippen LogP) is 3.95. The molecule has 3 rings (SSSR count). The van der Waals surface area contributed by atoms with Crippen LogP contribution in [-0.2, 0) is 11.2 Å². The number of fused-ring (bicyclic) bond motifs is 1. The van der Waals surface area contributed by atoms with Gasteiger partial charge in [-0.1, -0.05) is 23.2 Å². The zero-order valence-electron chi connectivity index (χ0n) is 10.6. The largest absolute Gasteiger partial charge is 0.397 e.